The molecule has 0 spiro atoms. The van der Waals surface area contributed by atoms with Gasteiger partial charge in [-0.2, -0.15) is 0 Å². The molecule has 1 aliphatic carbocycles. The Kier molecular flexibility index (Phi) is 4.00. The number of nitrogens with zero attached hydrogens (tertiary/aromatic N) is 2. The van der Waals surface area contributed by atoms with Gasteiger partial charge in [0.05, 0.1) is 19.0 Å². The van der Waals surface area contributed by atoms with E-state index in [2.05, 4.69) is 15.3 Å². The number of carbonyl (C=O) groups excluding carboxylic acids is 1. The molecule has 22 heavy (non-hydrogen) atoms. The molecule has 1 aromatic heterocycles. The highest BCUT2D eigenvalue weighted by molar-refractivity contribution is 6.02. The van der Waals surface area contributed by atoms with E-state index in [0.29, 0.717) is 29.7 Å². The number of anilines is 1. The second-order valence-electron chi connectivity index (χ2n) is 5.41. The Morgan fingerprint density at radius 2 is 2.18 bits per heavy atom. The number of halogens is 1. The van der Waals surface area contributed by atoms with Crippen molar-refractivity contribution in [2.75, 3.05) is 11.9 Å². The van der Waals surface area contributed by atoms with Gasteiger partial charge in [0.1, 0.15) is 11.5 Å². The lowest BCUT2D eigenvalue weighted by molar-refractivity contribution is 0.102. The summed E-state index contributed by atoms with van der Waals surface area (Å²) in [7, 11) is 0. The highest BCUT2D eigenvalue weighted by Gasteiger charge is 2.22. The van der Waals surface area contributed by atoms with Crippen LogP contribution in [0.15, 0.2) is 30.6 Å². The summed E-state index contributed by atoms with van der Waals surface area (Å²) in [5, 5.41) is 2.58. The van der Waals surface area contributed by atoms with Gasteiger partial charge in [-0.15, -0.1) is 0 Å². The van der Waals surface area contributed by atoms with Crippen LogP contribution in [0.4, 0.5) is 10.1 Å². The molecule has 0 saturated heterocycles. The maximum Gasteiger partial charge on any atom is 0.275 e. The molecular weight excluding hydrogens is 285 g/mol. The van der Waals surface area contributed by atoms with Gasteiger partial charge < -0.3 is 10.1 Å². The third-order valence-corrected chi connectivity index (χ3v) is 3.45. The summed E-state index contributed by atoms with van der Waals surface area (Å²) >= 11 is 0. The summed E-state index contributed by atoms with van der Waals surface area (Å²) in [5.74, 6) is 0.225. The highest BCUT2D eigenvalue weighted by atomic mass is 19.1. The fourth-order valence-corrected chi connectivity index (χ4v) is 1.86. The van der Waals surface area contributed by atoms with Gasteiger partial charge in [-0.25, -0.2) is 14.4 Å². The van der Waals surface area contributed by atoms with E-state index in [1.807, 2.05) is 0 Å². The van der Waals surface area contributed by atoms with Crippen molar-refractivity contribution in [3.8, 4) is 5.88 Å². The predicted molar refractivity (Wildman–Crippen MR) is 79.3 cm³/mol. The fourth-order valence-electron chi connectivity index (χ4n) is 1.86. The van der Waals surface area contributed by atoms with Crippen LogP contribution in [0.2, 0.25) is 0 Å². The largest absolute Gasteiger partial charge is 0.476 e. The molecule has 1 N–H and O–H groups in total. The summed E-state index contributed by atoms with van der Waals surface area (Å²) in [4.78, 5) is 20.1. The van der Waals surface area contributed by atoms with Crippen LogP contribution in [0.3, 0.4) is 0 Å². The third kappa shape index (κ3) is 3.58. The van der Waals surface area contributed by atoms with Gasteiger partial charge in [0.2, 0.25) is 5.88 Å². The zero-order chi connectivity index (χ0) is 15.5. The summed E-state index contributed by atoms with van der Waals surface area (Å²) in [5.41, 5.74) is 1.05. The number of hydrogen-bond acceptors (Lipinski definition) is 4. The Labute approximate surface area is 127 Å². The third-order valence-electron chi connectivity index (χ3n) is 3.45. The zero-order valence-corrected chi connectivity index (χ0v) is 12.2. The van der Waals surface area contributed by atoms with E-state index in [1.54, 1.807) is 19.1 Å². The molecular formula is C16H16FN3O2. The molecule has 1 fully saturated rings. The van der Waals surface area contributed by atoms with Crippen LogP contribution in [-0.4, -0.2) is 22.5 Å². The van der Waals surface area contributed by atoms with Crippen molar-refractivity contribution in [1.29, 1.82) is 0 Å². The molecule has 1 aliphatic rings. The maximum atomic E-state index is 13.4. The molecule has 1 aromatic carbocycles. The standard InChI is InChI=1S/C16H16FN3O2/c1-10-2-5-12(6-13(10)17)20-16(21)14-7-19-15(8-18-14)22-9-11-3-4-11/h2,5-8,11H,3-4,9H2,1H3,(H,20,21). The number of hydrogen-bond donors (Lipinski definition) is 1. The van der Waals surface area contributed by atoms with Crippen LogP contribution in [-0.2, 0) is 0 Å². The first-order valence-corrected chi connectivity index (χ1v) is 7.14. The number of rotatable bonds is 5. The lowest BCUT2D eigenvalue weighted by Crippen LogP contribution is -2.14. The maximum absolute atomic E-state index is 13.4. The van der Waals surface area contributed by atoms with Gasteiger partial charge in [-0.1, -0.05) is 6.07 Å². The SMILES string of the molecule is Cc1ccc(NC(=O)c2cnc(OCC3CC3)cn2)cc1F. The van der Waals surface area contributed by atoms with E-state index in [4.69, 9.17) is 4.74 Å². The van der Waals surface area contributed by atoms with Crippen molar-refractivity contribution in [1.82, 2.24) is 9.97 Å². The van der Waals surface area contributed by atoms with E-state index in [9.17, 15) is 9.18 Å². The van der Waals surface area contributed by atoms with Crippen LogP contribution >= 0.6 is 0 Å². The minimum atomic E-state index is -0.440. The molecule has 0 bridgehead atoms. The van der Waals surface area contributed by atoms with E-state index in [1.165, 1.54) is 31.3 Å². The van der Waals surface area contributed by atoms with Crippen LogP contribution in [0.25, 0.3) is 0 Å². The number of amides is 1. The quantitative estimate of drug-likeness (QED) is 0.922. The molecule has 114 valence electrons. The topological polar surface area (TPSA) is 64.1 Å². The molecule has 2 aromatic rings. The Balaban J connectivity index is 1.62. The lowest BCUT2D eigenvalue weighted by atomic mass is 10.2. The Morgan fingerprint density at radius 1 is 1.36 bits per heavy atom. The minimum absolute atomic E-state index is 0.153. The summed E-state index contributed by atoms with van der Waals surface area (Å²) in [6.45, 7) is 2.30. The average molecular weight is 301 g/mol. The van der Waals surface area contributed by atoms with Gasteiger partial charge in [0.25, 0.3) is 5.91 Å². The second kappa shape index (κ2) is 6.09. The van der Waals surface area contributed by atoms with E-state index >= 15 is 0 Å². The molecule has 0 atom stereocenters. The summed E-state index contributed by atoms with van der Waals surface area (Å²) in [6.07, 6.45) is 5.16. The number of aryl methyl sites for hydroxylation is 1. The summed E-state index contributed by atoms with van der Waals surface area (Å²) < 4.78 is 18.9. The molecule has 3 rings (SSSR count). The number of carbonyl (C=O) groups is 1. The first-order valence-electron chi connectivity index (χ1n) is 7.14. The Bertz CT molecular complexity index is 684. The van der Waals surface area contributed by atoms with Crippen LogP contribution in [0.1, 0.15) is 28.9 Å². The molecule has 0 radical (unpaired) electrons. The number of ether oxygens (including phenoxy) is 1. The zero-order valence-electron chi connectivity index (χ0n) is 12.2. The normalized spacial score (nSPS) is 13.7. The van der Waals surface area contributed by atoms with Crippen molar-refractivity contribution in [3.63, 3.8) is 0 Å². The van der Waals surface area contributed by atoms with Crippen molar-refractivity contribution in [2.24, 2.45) is 5.92 Å². The summed E-state index contributed by atoms with van der Waals surface area (Å²) in [6, 6.07) is 4.51. The molecule has 1 saturated carbocycles. The molecule has 5 nitrogen and oxygen atoms in total. The van der Waals surface area contributed by atoms with Crippen molar-refractivity contribution in [2.45, 2.75) is 19.8 Å². The molecule has 1 amide bonds. The monoisotopic (exact) mass is 301 g/mol. The van der Waals surface area contributed by atoms with Crippen molar-refractivity contribution >= 4 is 11.6 Å². The number of aromatic nitrogens is 2. The lowest BCUT2D eigenvalue weighted by Gasteiger charge is -2.07. The van der Waals surface area contributed by atoms with Crippen LogP contribution in [0.5, 0.6) is 5.88 Å². The van der Waals surface area contributed by atoms with Crippen molar-refractivity contribution < 1.29 is 13.9 Å². The van der Waals surface area contributed by atoms with E-state index in [0.717, 1.165) is 0 Å². The number of benzene rings is 1. The molecule has 6 heteroatoms. The number of nitrogens with one attached hydrogen (secondary N) is 1. The fraction of sp³-hybridized carbons (Fsp3) is 0.312. The van der Waals surface area contributed by atoms with E-state index < -0.39 is 5.91 Å². The van der Waals surface area contributed by atoms with Gasteiger partial charge in [0, 0.05) is 5.69 Å². The minimum Gasteiger partial charge on any atom is -0.476 e. The van der Waals surface area contributed by atoms with Crippen molar-refractivity contribution in [3.05, 3.63) is 47.7 Å². The van der Waals surface area contributed by atoms with E-state index in [-0.39, 0.29) is 11.5 Å². The molecule has 1 heterocycles. The van der Waals surface area contributed by atoms with Crippen LogP contribution in [0, 0.1) is 18.7 Å². The van der Waals surface area contributed by atoms with Crippen LogP contribution < -0.4 is 10.1 Å². The Morgan fingerprint density at radius 3 is 2.82 bits per heavy atom. The Hall–Kier alpha value is -2.50. The van der Waals surface area contributed by atoms with Gasteiger partial charge in [0.15, 0.2) is 0 Å². The van der Waals surface area contributed by atoms with Gasteiger partial charge >= 0.3 is 0 Å². The van der Waals surface area contributed by atoms with Gasteiger partial charge in [-0.3, -0.25) is 4.79 Å². The highest BCUT2D eigenvalue weighted by Crippen LogP contribution is 2.29. The molecule has 0 aliphatic heterocycles. The smallest absolute Gasteiger partial charge is 0.275 e. The second-order valence-corrected chi connectivity index (χ2v) is 5.41. The first kappa shape index (κ1) is 14.4. The molecule has 0 unspecified atom stereocenters. The first-order chi connectivity index (χ1) is 10.6. The van der Waals surface area contributed by atoms with Gasteiger partial charge in [-0.05, 0) is 43.4 Å². The average Bonchev–Trinajstić information content (AvgIpc) is 3.34. The predicted octanol–water partition coefficient (Wildman–Crippen LogP) is 2.97.